The third kappa shape index (κ3) is 6.65. The van der Waals surface area contributed by atoms with Gasteiger partial charge in [0.05, 0.1) is 13.7 Å². The third-order valence-electron chi connectivity index (χ3n) is 2.94. The zero-order chi connectivity index (χ0) is 17.6. The van der Waals surface area contributed by atoms with Crippen LogP contribution in [-0.2, 0) is 19.3 Å². The Labute approximate surface area is 164 Å². The fourth-order valence-electron chi connectivity index (χ4n) is 1.76. The molecule has 0 bridgehead atoms. The van der Waals surface area contributed by atoms with Gasteiger partial charge in [-0.25, -0.2) is 9.97 Å². The van der Waals surface area contributed by atoms with Crippen molar-refractivity contribution in [3.63, 3.8) is 0 Å². The van der Waals surface area contributed by atoms with Crippen LogP contribution in [0.5, 0.6) is 5.88 Å². The SMILES string of the molecule is CN=C(NCc1ccnc(OC)c1)NCc1nc(C(F)(F)F)cs1.I. The molecule has 11 heteroatoms. The van der Waals surface area contributed by atoms with Crippen molar-refractivity contribution < 1.29 is 17.9 Å². The summed E-state index contributed by atoms with van der Waals surface area (Å²) in [6.07, 6.45) is -2.80. The minimum Gasteiger partial charge on any atom is -0.481 e. The Balaban J connectivity index is 0.00000312. The molecule has 0 amide bonds. The Kier molecular flexibility index (Phi) is 8.35. The molecule has 0 aliphatic rings. The van der Waals surface area contributed by atoms with Gasteiger partial charge in [0, 0.05) is 31.2 Å². The van der Waals surface area contributed by atoms with Gasteiger partial charge in [-0.15, -0.1) is 35.3 Å². The van der Waals surface area contributed by atoms with Gasteiger partial charge in [-0.05, 0) is 11.6 Å². The van der Waals surface area contributed by atoms with Crippen molar-refractivity contribution in [2.24, 2.45) is 4.99 Å². The summed E-state index contributed by atoms with van der Waals surface area (Å²) in [5.74, 6) is 0.953. The molecular formula is C14H17F3IN5OS. The molecule has 6 nitrogen and oxygen atoms in total. The first kappa shape index (κ1) is 21.4. The molecule has 0 saturated heterocycles. The molecule has 138 valence electrons. The van der Waals surface area contributed by atoms with Gasteiger partial charge in [-0.2, -0.15) is 13.2 Å². The molecule has 2 aromatic heterocycles. The van der Waals surface area contributed by atoms with Crippen molar-refractivity contribution in [1.82, 2.24) is 20.6 Å². The summed E-state index contributed by atoms with van der Waals surface area (Å²) in [4.78, 5) is 11.6. The number of guanidine groups is 1. The number of pyridine rings is 1. The molecule has 2 heterocycles. The number of rotatable bonds is 5. The standard InChI is InChI=1S/C14H16F3N5OS.HI/c1-18-13(20-6-9-3-4-19-11(5-9)23-2)21-7-12-22-10(8-24-12)14(15,16)17;/h3-5,8H,6-7H2,1-2H3,(H2,18,20,21);1H. The van der Waals surface area contributed by atoms with Crippen molar-refractivity contribution in [1.29, 1.82) is 0 Å². The number of thiazole rings is 1. The zero-order valence-electron chi connectivity index (χ0n) is 13.4. The Morgan fingerprint density at radius 1 is 1.32 bits per heavy atom. The average molecular weight is 487 g/mol. The number of hydrogen-bond donors (Lipinski definition) is 2. The monoisotopic (exact) mass is 487 g/mol. The van der Waals surface area contributed by atoms with Crippen LogP contribution in [0.15, 0.2) is 28.7 Å². The maximum Gasteiger partial charge on any atom is 0.434 e. The van der Waals surface area contributed by atoms with Crippen LogP contribution in [0.3, 0.4) is 0 Å². The van der Waals surface area contributed by atoms with Crippen LogP contribution < -0.4 is 15.4 Å². The number of nitrogens with zero attached hydrogens (tertiary/aromatic N) is 3. The summed E-state index contributed by atoms with van der Waals surface area (Å²) >= 11 is 0.947. The van der Waals surface area contributed by atoms with Gasteiger partial charge in [0.15, 0.2) is 11.7 Å². The number of halogens is 4. The lowest BCUT2D eigenvalue weighted by atomic mass is 10.2. The molecule has 0 spiro atoms. The summed E-state index contributed by atoms with van der Waals surface area (Å²) < 4.78 is 42.6. The van der Waals surface area contributed by atoms with E-state index in [2.05, 4.69) is 25.6 Å². The Morgan fingerprint density at radius 2 is 2.04 bits per heavy atom. The Morgan fingerprint density at radius 3 is 2.64 bits per heavy atom. The molecule has 0 aliphatic carbocycles. The summed E-state index contributed by atoms with van der Waals surface area (Å²) in [5.41, 5.74) is 0.0505. The topological polar surface area (TPSA) is 71.4 Å². The molecule has 25 heavy (non-hydrogen) atoms. The van der Waals surface area contributed by atoms with E-state index in [1.54, 1.807) is 19.3 Å². The Bertz CT molecular complexity index is 708. The van der Waals surface area contributed by atoms with E-state index in [-0.39, 0.29) is 30.5 Å². The molecular weight excluding hydrogens is 470 g/mol. The fraction of sp³-hybridized carbons (Fsp3) is 0.357. The number of hydrogen-bond acceptors (Lipinski definition) is 5. The van der Waals surface area contributed by atoms with Crippen LogP contribution in [0.1, 0.15) is 16.3 Å². The quantitative estimate of drug-likeness (QED) is 0.386. The third-order valence-corrected chi connectivity index (χ3v) is 3.79. The first-order valence-electron chi connectivity index (χ1n) is 6.87. The summed E-state index contributed by atoms with van der Waals surface area (Å²) in [6.45, 7) is 0.615. The largest absolute Gasteiger partial charge is 0.481 e. The van der Waals surface area contributed by atoms with E-state index in [1.807, 2.05) is 6.07 Å². The predicted octanol–water partition coefficient (Wildman–Crippen LogP) is 3.05. The highest BCUT2D eigenvalue weighted by atomic mass is 127. The molecule has 0 aromatic carbocycles. The second-order valence-corrected chi connectivity index (χ2v) is 5.55. The van der Waals surface area contributed by atoms with Crippen LogP contribution >= 0.6 is 35.3 Å². The molecule has 0 saturated carbocycles. The van der Waals surface area contributed by atoms with Gasteiger partial charge < -0.3 is 15.4 Å². The highest BCUT2D eigenvalue weighted by molar-refractivity contribution is 14.0. The van der Waals surface area contributed by atoms with E-state index in [1.165, 1.54) is 7.11 Å². The van der Waals surface area contributed by atoms with Crippen LogP contribution in [0.2, 0.25) is 0 Å². The predicted molar refractivity (Wildman–Crippen MR) is 100 cm³/mol. The molecule has 0 aliphatic heterocycles. The lowest BCUT2D eigenvalue weighted by Crippen LogP contribution is -2.36. The minimum atomic E-state index is -4.42. The highest BCUT2D eigenvalue weighted by Gasteiger charge is 2.33. The van der Waals surface area contributed by atoms with Crippen molar-refractivity contribution in [3.8, 4) is 5.88 Å². The number of methoxy groups -OCH3 is 1. The van der Waals surface area contributed by atoms with Crippen LogP contribution in [0.4, 0.5) is 13.2 Å². The van der Waals surface area contributed by atoms with Gasteiger partial charge in [-0.3, -0.25) is 4.99 Å². The van der Waals surface area contributed by atoms with E-state index >= 15 is 0 Å². The van der Waals surface area contributed by atoms with Crippen molar-refractivity contribution in [2.45, 2.75) is 19.3 Å². The van der Waals surface area contributed by atoms with E-state index in [0.717, 1.165) is 22.3 Å². The lowest BCUT2D eigenvalue weighted by Gasteiger charge is -2.11. The number of ether oxygens (including phenoxy) is 1. The normalized spacial score (nSPS) is 11.6. The van der Waals surface area contributed by atoms with Gasteiger partial charge in [0.1, 0.15) is 5.01 Å². The van der Waals surface area contributed by atoms with Gasteiger partial charge in [0.25, 0.3) is 0 Å². The van der Waals surface area contributed by atoms with Gasteiger partial charge >= 0.3 is 6.18 Å². The lowest BCUT2D eigenvalue weighted by molar-refractivity contribution is -0.140. The molecule has 0 radical (unpaired) electrons. The van der Waals surface area contributed by atoms with Crippen molar-refractivity contribution in [2.75, 3.05) is 14.2 Å². The number of aromatic nitrogens is 2. The van der Waals surface area contributed by atoms with Crippen LogP contribution in [0, 0.1) is 0 Å². The van der Waals surface area contributed by atoms with Crippen LogP contribution in [0.25, 0.3) is 0 Å². The molecule has 0 fully saturated rings. The number of nitrogens with one attached hydrogen (secondary N) is 2. The van der Waals surface area contributed by atoms with E-state index in [4.69, 9.17) is 4.74 Å². The van der Waals surface area contributed by atoms with E-state index < -0.39 is 11.9 Å². The van der Waals surface area contributed by atoms with E-state index in [0.29, 0.717) is 23.4 Å². The fourth-order valence-corrected chi connectivity index (χ4v) is 2.50. The summed E-state index contributed by atoms with van der Waals surface area (Å²) in [6, 6.07) is 3.59. The molecule has 2 N–H and O–H groups in total. The molecule has 2 aromatic rings. The minimum absolute atomic E-state index is 0. The summed E-state index contributed by atoms with van der Waals surface area (Å²) in [7, 11) is 3.11. The zero-order valence-corrected chi connectivity index (χ0v) is 16.6. The van der Waals surface area contributed by atoms with Gasteiger partial charge in [0.2, 0.25) is 5.88 Å². The maximum absolute atomic E-state index is 12.5. The average Bonchev–Trinajstić information content (AvgIpc) is 3.04. The first-order chi connectivity index (χ1) is 11.4. The highest BCUT2D eigenvalue weighted by Crippen LogP contribution is 2.29. The van der Waals surface area contributed by atoms with Crippen LogP contribution in [-0.4, -0.2) is 30.1 Å². The smallest absolute Gasteiger partial charge is 0.434 e. The Hall–Kier alpha value is -1.63. The van der Waals surface area contributed by atoms with Crippen molar-refractivity contribution >= 4 is 41.3 Å². The molecule has 2 rings (SSSR count). The second kappa shape index (κ2) is 9.75. The number of alkyl halides is 3. The molecule has 0 unspecified atom stereocenters. The van der Waals surface area contributed by atoms with Crippen molar-refractivity contribution in [3.05, 3.63) is 40.0 Å². The first-order valence-corrected chi connectivity index (χ1v) is 7.75. The van der Waals surface area contributed by atoms with Gasteiger partial charge in [-0.1, -0.05) is 0 Å². The number of aliphatic imine (C=N–C) groups is 1. The summed E-state index contributed by atoms with van der Waals surface area (Å²) in [5, 5.41) is 7.30. The maximum atomic E-state index is 12.5. The molecule has 0 atom stereocenters. The second-order valence-electron chi connectivity index (χ2n) is 4.61. The van der Waals surface area contributed by atoms with E-state index in [9.17, 15) is 13.2 Å².